The number of aromatic nitrogens is 2. The quantitative estimate of drug-likeness (QED) is 0.705. The smallest absolute Gasteiger partial charge is 0.260 e. The van der Waals surface area contributed by atoms with E-state index in [1.807, 2.05) is 6.07 Å². The second kappa shape index (κ2) is 8.64. The van der Waals surface area contributed by atoms with Crippen LogP contribution < -0.4 is 9.46 Å². The Kier molecular flexibility index (Phi) is 5.85. The zero-order valence-electron chi connectivity index (χ0n) is 18.2. The fraction of sp³-hybridized carbons (Fsp3) is 0.636. The lowest BCUT2D eigenvalue weighted by Crippen LogP contribution is -2.59. The van der Waals surface area contributed by atoms with Crippen molar-refractivity contribution in [2.75, 3.05) is 26.0 Å². The average Bonchev–Trinajstić information content (AvgIpc) is 3.22. The fourth-order valence-electron chi connectivity index (χ4n) is 5.41. The van der Waals surface area contributed by atoms with Crippen LogP contribution in [0, 0.1) is 0 Å². The van der Waals surface area contributed by atoms with E-state index in [0.29, 0.717) is 31.2 Å². The van der Waals surface area contributed by atoms with Gasteiger partial charge in [-0.1, -0.05) is 0 Å². The molecule has 174 valence electrons. The highest BCUT2D eigenvalue weighted by Crippen LogP contribution is 2.40. The maximum absolute atomic E-state index is 13.2. The number of imidazole rings is 1. The number of nitrogens with zero attached hydrogens (tertiary/aromatic N) is 2. The molecule has 1 amide bonds. The number of piperidine rings is 1. The normalized spacial score (nSPS) is 29.4. The van der Waals surface area contributed by atoms with Crippen molar-refractivity contribution in [3.05, 3.63) is 24.0 Å². The summed E-state index contributed by atoms with van der Waals surface area (Å²) < 4.78 is 39.0. The number of benzene rings is 1. The molecular weight excluding hydrogens is 432 g/mol. The van der Waals surface area contributed by atoms with Gasteiger partial charge in [-0.25, -0.2) is 18.1 Å². The van der Waals surface area contributed by atoms with E-state index < -0.39 is 10.0 Å². The number of amides is 1. The van der Waals surface area contributed by atoms with Crippen molar-refractivity contribution < 1.29 is 22.7 Å². The van der Waals surface area contributed by atoms with Crippen LogP contribution in [0.15, 0.2) is 18.5 Å². The van der Waals surface area contributed by atoms with Gasteiger partial charge >= 0.3 is 0 Å². The van der Waals surface area contributed by atoms with Crippen LogP contribution in [-0.4, -0.2) is 73.4 Å². The van der Waals surface area contributed by atoms with Crippen LogP contribution in [0.5, 0.6) is 5.75 Å². The highest BCUT2D eigenvalue weighted by Gasteiger charge is 2.37. The molecule has 2 fully saturated rings. The van der Waals surface area contributed by atoms with Gasteiger partial charge in [0.1, 0.15) is 5.75 Å². The number of H-pyrrole nitrogens is 1. The van der Waals surface area contributed by atoms with Crippen molar-refractivity contribution >= 4 is 27.0 Å². The van der Waals surface area contributed by atoms with Gasteiger partial charge in [0, 0.05) is 18.7 Å². The molecule has 0 radical (unpaired) electrons. The molecule has 1 saturated heterocycles. The monoisotopic (exact) mass is 462 g/mol. The molecule has 0 spiro atoms. The van der Waals surface area contributed by atoms with E-state index in [9.17, 15) is 13.2 Å². The Morgan fingerprint density at radius 3 is 2.78 bits per heavy atom. The van der Waals surface area contributed by atoms with Gasteiger partial charge in [0.2, 0.25) is 10.0 Å². The minimum Gasteiger partial charge on any atom is -0.483 e. The summed E-state index contributed by atoms with van der Waals surface area (Å²) in [6.07, 6.45) is 8.16. The summed E-state index contributed by atoms with van der Waals surface area (Å²) in [5.41, 5.74) is 2.89. The maximum Gasteiger partial charge on any atom is 0.260 e. The molecule has 2 aromatic rings. The zero-order valence-corrected chi connectivity index (χ0v) is 19.1. The summed E-state index contributed by atoms with van der Waals surface area (Å²) in [5.74, 6) is 0.898. The number of hydrogen-bond acceptors (Lipinski definition) is 6. The first-order chi connectivity index (χ1) is 15.4. The van der Waals surface area contributed by atoms with Crippen LogP contribution >= 0.6 is 0 Å². The maximum atomic E-state index is 13.2. The third-order valence-corrected chi connectivity index (χ3v) is 7.72. The zero-order chi connectivity index (χ0) is 22.3. The number of ether oxygens (including phenoxy) is 2. The minimum absolute atomic E-state index is 0.0961. The molecule has 10 heteroatoms. The van der Waals surface area contributed by atoms with Crippen LogP contribution in [0.3, 0.4) is 0 Å². The Labute approximate surface area is 187 Å². The van der Waals surface area contributed by atoms with Gasteiger partial charge in [0.05, 0.1) is 42.4 Å². The molecule has 1 aromatic carbocycles. The molecule has 4 aliphatic rings. The van der Waals surface area contributed by atoms with Crippen LogP contribution in [0.1, 0.15) is 50.0 Å². The van der Waals surface area contributed by atoms with Crippen molar-refractivity contribution in [1.29, 1.82) is 0 Å². The Hall–Kier alpha value is -2.17. The summed E-state index contributed by atoms with van der Waals surface area (Å²) >= 11 is 0. The highest BCUT2D eigenvalue weighted by atomic mass is 32.2. The highest BCUT2D eigenvalue weighted by molar-refractivity contribution is 7.88. The average molecular weight is 463 g/mol. The molecule has 9 nitrogen and oxygen atoms in total. The summed E-state index contributed by atoms with van der Waals surface area (Å²) in [6, 6.07) is 3.31. The van der Waals surface area contributed by atoms with E-state index in [1.54, 1.807) is 11.2 Å². The van der Waals surface area contributed by atoms with Gasteiger partial charge in [-0.2, -0.15) is 0 Å². The van der Waals surface area contributed by atoms with Crippen molar-refractivity contribution in [2.45, 2.75) is 62.6 Å². The molecule has 1 saturated carbocycles. The number of rotatable bonds is 2. The van der Waals surface area contributed by atoms with Gasteiger partial charge in [-0.05, 0) is 56.1 Å². The molecule has 2 bridgehead atoms. The van der Waals surface area contributed by atoms with Gasteiger partial charge in [-0.15, -0.1) is 0 Å². The van der Waals surface area contributed by atoms with Crippen molar-refractivity contribution in [3.63, 3.8) is 0 Å². The van der Waals surface area contributed by atoms with Crippen LogP contribution in [0.4, 0.5) is 0 Å². The van der Waals surface area contributed by atoms with E-state index in [2.05, 4.69) is 20.8 Å². The lowest BCUT2D eigenvalue weighted by atomic mass is 9.82. The Balaban J connectivity index is 1.47. The Morgan fingerprint density at radius 1 is 1.19 bits per heavy atom. The van der Waals surface area contributed by atoms with Crippen molar-refractivity contribution in [3.8, 4) is 5.75 Å². The summed E-state index contributed by atoms with van der Waals surface area (Å²) in [6.45, 7) is 0.798. The number of fused-ring (bicyclic) bond motifs is 6. The van der Waals surface area contributed by atoms with E-state index in [-0.39, 0.29) is 30.7 Å². The second-order valence-electron chi connectivity index (χ2n) is 9.20. The lowest BCUT2D eigenvalue weighted by molar-refractivity contribution is -0.140. The summed E-state index contributed by atoms with van der Waals surface area (Å²) in [7, 11) is -3.40. The Morgan fingerprint density at radius 2 is 2.00 bits per heavy atom. The lowest BCUT2D eigenvalue weighted by Gasteiger charge is -2.41. The topological polar surface area (TPSA) is 114 Å². The first kappa shape index (κ1) is 21.7. The number of hydrogen-bond donors (Lipinski definition) is 2. The number of nitrogens with one attached hydrogen (secondary N) is 2. The predicted octanol–water partition coefficient (Wildman–Crippen LogP) is 1.91. The third kappa shape index (κ3) is 4.49. The molecule has 1 unspecified atom stereocenters. The molecule has 32 heavy (non-hydrogen) atoms. The molecule has 6 rings (SSSR count). The second-order valence-corrected chi connectivity index (χ2v) is 11.0. The molecule has 2 N–H and O–H groups in total. The Bertz CT molecular complexity index is 1090. The van der Waals surface area contributed by atoms with E-state index in [4.69, 9.17) is 9.47 Å². The molecule has 1 aliphatic carbocycles. The first-order valence-electron chi connectivity index (χ1n) is 11.4. The molecule has 2 atom stereocenters. The van der Waals surface area contributed by atoms with Crippen LogP contribution in [-0.2, 0) is 19.6 Å². The number of aromatic amines is 1. The van der Waals surface area contributed by atoms with Crippen molar-refractivity contribution in [1.82, 2.24) is 19.6 Å². The van der Waals surface area contributed by atoms with Gasteiger partial charge in [0.25, 0.3) is 5.91 Å². The third-order valence-electron chi connectivity index (χ3n) is 6.98. The predicted molar refractivity (Wildman–Crippen MR) is 119 cm³/mol. The molecule has 3 aliphatic heterocycles. The standard InChI is InChI=1S/C22H30N4O5S/c1-32(28,29)25-17-3-2-8-26-20(17)11-30-15-6-4-14(5-7-15)16-9-18-19(24-13-23-18)10-21(16)31-12-22(26)27/h9-10,13-15,17,20,25H,2-8,11-12H2,1H3,(H,23,24)/t14?,15?,17-,20?/m0/s1. The molecular formula is C22H30N4O5S. The van der Waals surface area contributed by atoms with E-state index in [0.717, 1.165) is 55.0 Å². The van der Waals surface area contributed by atoms with Crippen LogP contribution in [0.2, 0.25) is 0 Å². The molecule has 4 heterocycles. The van der Waals surface area contributed by atoms with E-state index in [1.165, 1.54) is 0 Å². The van der Waals surface area contributed by atoms with Gasteiger partial charge in [-0.3, -0.25) is 4.79 Å². The fourth-order valence-corrected chi connectivity index (χ4v) is 6.23. The van der Waals surface area contributed by atoms with Gasteiger partial charge < -0.3 is 19.4 Å². The number of carbonyl (C=O) groups excluding carboxylic acids is 1. The van der Waals surface area contributed by atoms with Crippen molar-refractivity contribution in [2.24, 2.45) is 0 Å². The SMILES string of the molecule is CS(=O)(=O)N[C@H]1CCCN2C(=O)COc3cc4nc[nH]c4cc3C3CCC(CC3)OCC12. The largest absolute Gasteiger partial charge is 0.483 e. The molecule has 1 aromatic heterocycles. The minimum atomic E-state index is -3.40. The number of carbonyl (C=O) groups is 1. The van der Waals surface area contributed by atoms with Crippen LogP contribution in [0.25, 0.3) is 11.0 Å². The van der Waals surface area contributed by atoms with Gasteiger partial charge in [0.15, 0.2) is 6.61 Å². The first-order valence-corrected chi connectivity index (χ1v) is 13.2. The summed E-state index contributed by atoms with van der Waals surface area (Å²) in [5, 5.41) is 0. The number of sulfonamides is 1. The van der Waals surface area contributed by atoms with E-state index >= 15 is 0 Å². The summed E-state index contributed by atoms with van der Waals surface area (Å²) in [4.78, 5) is 22.5.